The van der Waals surface area contributed by atoms with Crippen molar-refractivity contribution in [1.82, 2.24) is 10.6 Å². The molecule has 0 saturated carbocycles. The maximum atomic E-state index is 12.3. The summed E-state index contributed by atoms with van der Waals surface area (Å²) in [6, 6.07) is 6.24. The van der Waals surface area contributed by atoms with Crippen molar-refractivity contribution in [2.75, 3.05) is 13.1 Å². The van der Waals surface area contributed by atoms with Crippen molar-refractivity contribution < 1.29 is 13.2 Å². The Balaban J connectivity index is 1.86. The second kappa shape index (κ2) is 6.98. The summed E-state index contributed by atoms with van der Waals surface area (Å²) < 4.78 is 22.4. The Hall–Kier alpha value is -1.44. The van der Waals surface area contributed by atoms with E-state index in [4.69, 9.17) is 5.14 Å². The molecule has 1 aliphatic heterocycles. The number of primary sulfonamides is 1. The van der Waals surface area contributed by atoms with E-state index in [0.29, 0.717) is 13.0 Å². The monoisotopic (exact) mass is 339 g/mol. The summed E-state index contributed by atoms with van der Waals surface area (Å²) >= 11 is 0. The van der Waals surface area contributed by atoms with Gasteiger partial charge in [-0.25, -0.2) is 13.6 Å². The van der Waals surface area contributed by atoms with Crippen LogP contribution in [0.15, 0.2) is 29.2 Å². The van der Waals surface area contributed by atoms with Gasteiger partial charge in [-0.05, 0) is 48.9 Å². The number of carbonyl (C=O) groups excluding carboxylic acids is 1. The number of benzene rings is 1. The van der Waals surface area contributed by atoms with E-state index < -0.39 is 10.0 Å². The van der Waals surface area contributed by atoms with E-state index in [9.17, 15) is 13.2 Å². The molecule has 0 aromatic heterocycles. The summed E-state index contributed by atoms with van der Waals surface area (Å²) in [6.45, 7) is 5.60. The molecule has 23 heavy (non-hydrogen) atoms. The lowest BCUT2D eigenvalue weighted by Gasteiger charge is -2.38. The Kier molecular flexibility index (Phi) is 5.44. The summed E-state index contributed by atoms with van der Waals surface area (Å²) in [4.78, 5) is 12.4. The van der Waals surface area contributed by atoms with Crippen LogP contribution in [-0.4, -0.2) is 33.5 Å². The number of hydrogen-bond donors (Lipinski definition) is 3. The van der Waals surface area contributed by atoms with E-state index in [1.807, 2.05) is 0 Å². The Morgan fingerprint density at radius 3 is 2.57 bits per heavy atom. The zero-order valence-corrected chi connectivity index (χ0v) is 14.4. The topological polar surface area (TPSA) is 101 Å². The minimum absolute atomic E-state index is 0.0239. The van der Waals surface area contributed by atoms with Crippen molar-refractivity contribution in [2.45, 2.75) is 44.0 Å². The van der Waals surface area contributed by atoms with Crippen LogP contribution in [0.3, 0.4) is 0 Å². The van der Waals surface area contributed by atoms with Gasteiger partial charge >= 0.3 is 0 Å². The molecule has 0 bridgehead atoms. The molecule has 1 unspecified atom stereocenters. The summed E-state index contributed by atoms with van der Waals surface area (Å²) in [7, 11) is -3.66. The smallest absolute Gasteiger partial charge is 0.238 e. The summed E-state index contributed by atoms with van der Waals surface area (Å²) in [5, 5.41) is 11.3. The minimum atomic E-state index is -3.66. The SMILES string of the molecule is CC1(C)CCCNC1C(=O)NCCc1ccc(S(N)(=O)=O)cc1. The molecule has 0 spiro atoms. The van der Waals surface area contributed by atoms with Crippen molar-refractivity contribution >= 4 is 15.9 Å². The van der Waals surface area contributed by atoms with Gasteiger partial charge in [-0.1, -0.05) is 26.0 Å². The fourth-order valence-electron chi connectivity index (χ4n) is 2.94. The van der Waals surface area contributed by atoms with E-state index in [1.165, 1.54) is 12.1 Å². The lowest BCUT2D eigenvalue weighted by Crippen LogP contribution is -2.55. The number of nitrogens with one attached hydrogen (secondary N) is 2. The van der Waals surface area contributed by atoms with Gasteiger partial charge in [0.25, 0.3) is 0 Å². The van der Waals surface area contributed by atoms with Crippen LogP contribution >= 0.6 is 0 Å². The third-order valence-corrected chi connectivity index (χ3v) is 5.28. The van der Waals surface area contributed by atoms with Gasteiger partial charge in [0.2, 0.25) is 15.9 Å². The van der Waals surface area contributed by atoms with Gasteiger partial charge in [0, 0.05) is 6.54 Å². The first kappa shape index (κ1) is 17.9. The maximum absolute atomic E-state index is 12.3. The molecule has 4 N–H and O–H groups in total. The van der Waals surface area contributed by atoms with Crippen molar-refractivity contribution in [2.24, 2.45) is 10.6 Å². The van der Waals surface area contributed by atoms with Gasteiger partial charge in [-0.15, -0.1) is 0 Å². The molecular weight excluding hydrogens is 314 g/mol. The summed E-state index contributed by atoms with van der Waals surface area (Å²) in [5.41, 5.74) is 0.910. The van der Waals surface area contributed by atoms with Crippen LogP contribution in [0.25, 0.3) is 0 Å². The highest BCUT2D eigenvalue weighted by Crippen LogP contribution is 2.30. The van der Waals surface area contributed by atoms with E-state index in [1.54, 1.807) is 12.1 Å². The third-order valence-electron chi connectivity index (χ3n) is 4.35. The second-order valence-electron chi connectivity index (χ2n) is 6.71. The van der Waals surface area contributed by atoms with E-state index >= 15 is 0 Å². The maximum Gasteiger partial charge on any atom is 0.238 e. The highest BCUT2D eigenvalue weighted by atomic mass is 32.2. The van der Waals surface area contributed by atoms with E-state index in [2.05, 4.69) is 24.5 Å². The molecular formula is C16H25N3O3S. The largest absolute Gasteiger partial charge is 0.354 e. The molecule has 128 valence electrons. The summed E-state index contributed by atoms with van der Waals surface area (Å²) in [5.74, 6) is 0.0239. The molecule has 6 nitrogen and oxygen atoms in total. The van der Waals surface area contributed by atoms with Crippen LogP contribution in [0.1, 0.15) is 32.3 Å². The van der Waals surface area contributed by atoms with Crippen molar-refractivity contribution in [3.05, 3.63) is 29.8 Å². The number of hydrogen-bond acceptors (Lipinski definition) is 4. The van der Waals surface area contributed by atoms with Gasteiger partial charge in [0.15, 0.2) is 0 Å². The Morgan fingerprint density at radius 2 is 2.00 bits per heavy atom. The Morgan fingerprint density at radius 1 is 1.35 bits per heavy atom. The number of nitrogens with two attached hydrogens (primary N) is 1. The molecule has 0 radical (unpaired) electrons. The van der Waals surface area contributed by atoms with Crippen LogP contribution < -0.4 is 15.8 Å². The highest BCUT2D eigenvalue weighted by molar-refractivity contribution is 7.89. The third kappa shape index (κ3) is 4.76. The molecule has 1 saturated heterocycles. The fraction of sp³-hybridized carbons (Fsp3) is 0.562. The average Bonchev–Trinajstić information content (AvgIpc) is 2.46. The van der Waals surface area contributed by atoms with Crippen LogP contribution in [0.5, 0.6) is 0 Å². The molecule has 1 heterocycles. The predicted octanol–water partition coefficient (Wildman–Crippen LogP) is 0.771. The quantitative estimate of drug-likeness (QED) is 0.737. The lowest BCUT2D eigenvalue weighted by atomic mass is 9.77. The van der Waals surface area contributed by atoms with Gasteiger partial charge < -0.3 is 10.6 Å². The molecule has 1 atom stereocenters. The molecule has 2 rings (SSSR count). The molecule has 7 heteroatoms. The molecule has 1 aromatic rings. The first-order valence-electron chi connectivity index (χ1n) is 7.83. The normalized spacial score (nSPS) is 20.9. The molecule has 1 amide bonds. The minimum Gasteiger partial charge on any atom is -0.354 e. The number of amides is 1. The molecule has 1 aromatic carbocycles. The molecule has 1 fully saturated rings. The van der Waals surface area contributed by atoms with Crippen molar-refractivity contribution in [3.8, 4) is 0 Å². The van der Waals surface area contributed by atoms with Crippen molar-refractivity contribution in [3.63, 3.8) is 0 Å². The van der Waals surface area contributed by atoms with Crippen LogP contribution in [-0.2, 0) is 21.2 Å². The van der Waals surface area contributed by atoms with Crippen LogP contribution in [0.4, 0.5) is 0 Å². The highest BCUT2D eigenvalue weighted by Gasteiger charge is 2.36. The predicted molar refractivity (Wildman–Crippen MR) is 89.3 cm³/mol. The van der Waals surface area contributed by atoms with E-state index in [-0.39, 0.29) is 22.3 Å². The van der Waals surface area contributed by atoms with Gasteiger partial charge in [0.05, 0.1) is 10.9 Å². The van der Waals surface area contributed by atoms with E-state index in [0.717, 1.165) is 24.9 Å². The van der Waals surface area contributed by atoms with Gasteiger partial charge in [-0.3, -0.25) is 4.79 Å². The lowest BCUT2D eigenvalue weighted by molar-refractivity contribution is -0.126. The fourth-order valence-corrected chi connectivity index (χ4v) is 3.45. The number of piperidine rings is 1. The Bertz CT molecular complexity index is 654. The first-order chi connectivity index (χ1) is 10.7. The molecule has 1 aliphatic rings. The zero-order chi connectivity index (χ0) is 17.1. The van der Waals surface area contributed by atoms with Gasteiger partial charge in [0.1, 0.15) is 0 Å². The number of carbonyl (C=O) groups is 1. The van der Waals surface area contributed by atoms with Crippen LogP contribution in [0, 0.1) is 5.41 Å². The number of rotatable bonds is 5. The number of sulfonamides is 1. The summed E-state index contributed by atoms with van der Waals surface area (Å²) in [6.07, 6.45) is 2.77. The zero-order valence-electron chi connectivity index (χ0n) is 13.6. The second-order valence-corrected chi connectivity index (χ2v) is 8.27. The van der Waals surface area contributed by atoms with Crippen molar-refractivity contribution in [1.29, 1.82) is 0 Å². The first-order valence-corrected chi connectivity index (χ1v) is 9.38. The molecule has 0 aliphatic carbocycles. The standard InChI is InChI=1S/C16H25N3O3S/c1-16(2)9-3-10-18-14(16)15(20)19-11-8-12-4-6-13(7-5-12)23(17,21)22/h4-7,14,18H,3,8-11H2,1-2H3,(H,19,20)(H2,17,21,22). The Labute approximate surface area is 137 Å². The average molecular weight is 339 g/mol. The van der Waals surface area contributed by atoms with Crippen LogP contribution in [0.2, 0.25) is 0 Å². The van der Waals surface area contributed by atoms with Gasteiger partial charge in [-0.2, -0.15) is 0 Å².